The van der Waals surface area contributed by atoms with Gasteiger partial charge in [0.1, 0.15) is 23.0 Å². The zero-order chi connectivity index (χ0) is 24.5. The van der Waals surface area contributed by atoms with Crippen LogP contribution in [0.3, 0.4) is 0 Å². The highest BCUT2D eigenvalue weighted by molar-refractivity contribution is 6.02. The van der Waals surface area contributed by atoms with Crippen LogP contribution in [0.5, 0.6) is 5.75 Å². The van der Waals surface area contributed by atoms with Crippen LogP contribution in [0.25, 0.3) is 6.08 Å². The molecule has 6 rings (SSSR count). The molecule has 0 aromatic heterocycles. The number of benzene rings is 1. The average Bonchev–Trinajstić information content (AvgIpc) is 3.39. The zero-order valence-electron chi connectivity index (χ0n) is 20.0. The van der Waals surface area contributed by atoms with Crippen LogP contribution in [-0.2, 0) is 15.2 Å². The van der Waals surface area contributed by atoms with Crippen LogP contribution in [0, 0.1) is 5.41 Å². The molecule has 5 heterocycles. The molecule has 8 heteroatoms. The van der Waals surface area contributed by atoms with E-state index in [1.54, 1.807) is 18.2 Å². The summed E-state index contributed by atoms with van der Waals surface area (Å²) in [5, 5.41) is 27.8. The van der Waals surface area contributed by atoms with E-state index in [-0.39, 0.29) is 12.3 Å². The molecule has 3 fully saturated rings. The Morgan fingerprint density at radius 2 is 2.00 bits per heavy atom. The maximum atomic E-state index is 14.0. The van der Waals surface area contributed by atoms with Crippen molar-refractivity contribution in [1.82, 2.24) is 9.80 Å². The van der Waals surface area contributed by atoms with Gasteiger partial charge >= 0.3 is 0 Å². The molecular formula is C26H31N3O5. The summed E-state index contributed by atoms with van der Waals surface area (Å²) in [6.45, 7) is 12.1. The number of nitrogens with zero attached hydrogens (tertiary/aromatic N) is 2. The molecule has 0 radical (unpaired) electrons. The van der Waals surface area contributed by atoms with Crippen molar-refractivity contribution >= 4 is 23.6 Å². The summed E-state index contributed by atoms with van der Waals surface area (Å²) in [4.78, 5) is 30.3. The number of aliphatic hydroxyl groups is 2. The standard InChI is InChI=1S/C26H31N3O5/c1-6-22(2,3)26-24(32,14-25(33)21(31)28-13-7-8-17(28)20(30)29(25)26)16-9-10-18-15(19(16)27-26)11-12-23(4,5)34-18/h6,9-12,17,27,32-33H,1,7-8,13-14H2,2-5H3. The van der Waals surface area contributed by atoms with Crippen molar-refractivity contribution in [2.24, 2.45) is 5.41 Å². The monoisotopic (exact) mass is 465 g/mol. The van der Waals surface area contributed by atoms with Crippen molar-refractivity contribution in [3.63, 3.8) is 0 Å². The molecular weight excluding hydrogens is 434 g/mol. The molecule has 3 saturated heterocycles. The summed E-state index contributed by atoms with van der Waals surface area (Å²) in [5.41, 5.74) is -4.94. The molecule has 3 N–H and O–H groups in total. The fraction of sp³-hybridized carbons (Fsp3) is 0.538. The molecule has 8 nitrogen and oxygen atoms in total. The number of nitrogens with one attached hydrogen (secondary N) is 1. The Morgan fingerprint density at radius 3 is 2.71 bits per heavy atom. The molecule has 34 heavy (non-hydrogen) atoms. The number of carbonyl (C=O) groups excluding carboxylic acids is 2. The third-order valence-electron chi connectivity index (χ3n) is 8.59. The lowest BCUT2D eigenvalue weighted by molar-refractivity contribution is -0.204. The van der Waals surface area contributed by atoms with Gasteiger partial charge in [-0.3, -0.25) is 14.5 Å². The van der Waals surface area contributed by atoms with E-state index in [9.17, 15) is 19.8 Å². The van der Waals surface area contributed by atoms with E-state index in [0.29, 0.717) is 36.4 Å². The number of hydrogen-bond donors (Lipinski definition) is 3. The van der Waals surface area contributed by atoms with Gasteiger partial charge in [0.15, 0.2) is 5.66 Å². The van der Waals surface area contributed by atoms with Gasteiger partial charge in [-0.25, -0.2) is 0 Å². The van der Waals surface area contributed by atoms with Gasteiger partial charge in [-0.2, -0.15) is 0 Å². The first-order valence-corrected chi connectivity index (χ1v) is 11.9. The number of piperazine rings is 1. The van der Waals surface area contributed by atoms with Crippen molar-refractivity contribution < 1.29 is 24.5 Å². The van der Waals surface area contributed by atoms with Gasteiger partial charge in [-0.1, -0.05) is 26.0 Å². The Morgan fingerprint density at radius 1 is 1.26 bits per heavy atom. The predicted molar refractivity (Wildman–Crippen MR) is 126 cm³/mol. The Balaban J connectivity index is 1.62. The van der Waals surface area contributed by atoms with E-state index < -0.39 is 40.0 Å². The number of fused-ring (bicyclic) bond motifs is 8. The third kappa shape index (κ3) is 2.17. The molecule has 180 valence electrons. The van der Waals surface area contributed by atoms with Gasteiger partial charge < -0.3 is 25.2 Å². The Kier molecular flexibility index (Phi) is 3.85. The molecule has 0 bridgehead atoms. The smallest absolute Gasteiger partial charge is 0.276 e. The number of anilines is 1. The normalized spacial score (nSPS) is 36.8. The van der Waals surface area contributed by atoms with Crippen molar-refractivity contribution in [3.05, 3.63) is 42.0 Å². The third-order valence-corrected chi connectivity index (χ3v) is 8.59. The Hall–Kier alpha value is -2.84. The minimum Gasteiger partial charge on any atom is -0.483 e. The number of rotatable bonds is 2. The number of carbonyl (C=O) groups is 2. The molecule has 0 spiro atoms. The second kappa shape index (κ2) is 6.04. The molecule has 1 aromatic rings. The highest BCUT2D eigenvalue weighted by Crippen LogP contribution is 2.67. The van der Waals surface area contributed by atoms with Crippen LogP contribution in [0.1, 0.15) is 58.1 Å². The summed E-state index contributed by atoms with van der Waals surface area (Å²) >= 11 is 0. The van der Waals surface area contributed by atoms with Crippen molar-refractivity contribution in [2.75, 3.05) is 11.9 Å². The highest BCUT2D eigenvalue weighted by Gasteiger charge is 2.81. The van der Waals surface area contributed by atoms with Crippen molar-refractivity contribution in [1.29, 1.82) is 0 Å². The lowest BCUT2D eigenvalue weighted by atomic mass is 9.68. The minimum absolute atomic E-state index is 0.333. The molecule has 4 atom stereocenters. The number of amides is 2. The molecule has 5 aliphatic heterocycles. The summed E-state index contributed by atoms with van der Waals surface area (Å²) in [6.07, 6.45) is 6.48. The quantitative estimate of drug-likeness (QED) is 0.580. The second-order valence-electron chi connectivity index (χ2n) is 11.4. The van der Waals surface area contributed by atoms with Gasteiger partial charge in [0.05, 0.1) is 5.69 Å². The number of ether oxygens (including phenoxy) is 1. The summed E-state index contributed by atoms with van der Waals surface area (Å²) in [7, 11) is 0. The molecule has 1 aromatic carbocycles. The lowest BCUT2D eigenvalue weighted by Crippen LogP contribution is -2.76. The number of hydrogen-bond acceptors (Lipinski definition) is 6. The maximum absolute atomic E-state index is 14.0. The van der Waals surface area contributed by atoms with Crippen LogP contribution in [0.15, 0.2) is 30.9 Å². The van der Waals surface area contributed by atoms with Gasteiger partial charge in [-0.05, 0) is 44.9 Å². The van der Waals surface area contributed by atoms with E-state index in [1.807, 2.05) is 39.8 Å². The van der Waals surface area contributed by atoms with Crippen LogP contribution >= 0.6 is 0 Å². The SMILES string of the molecule is C=CC(C)(C)C12Nc3c(ccc4c3C=CC(C)(C)O4)C1(O)CC1(O)C(=O)N3CCCC3C(=O)N12. The summed E-state index contributed by atoms with van der Waals surface area (Å²) in [5.74, 6) is -0.220. The molecule has 4 unspecified atom stereocenters. The van der Waals surface area contributed by atoms with E-state index in [0.717, 1.165) is 5.56 Å². The summed E-state index contributed by atoms with van der Waals surface area (Å²) in [6, 6.07) is 2.94. The van der Waals surface area contributed by atoms with Gasteiger partial charge in [0.2, 0.25) is 11.6 Å². The van der Waals surface area contributed by atoms with Gasteiger partial charge in [0, 0.05) is 29.5 Å². The molecule has 5 aliphatic rings. The first kappa shape index (κ1) is 21.7. The summed E-state index contributed by atoms with van der Waals surface area (Å²) < 4.78 is 6.15. The van der Waals surface area contributed by atoms with Crippen molar-refractivity contribution in [2.45, 2.75) is 75.6 Å². The van der Waals surface area contributed by atoms with E-state index in [1.165, 1.54) is 9.80 Å². The first-order valence-electron chi connectivity index (χ1n) is 11.9. The van der Waals surface area contributed by atoms with Gasteiger partial charge in [-0.15, -0.1) is 6.58 Å². The maximum Gasteiger partial charge on any atom is 0.276 e. The fourth-order valence-electron chi connectivity index (χ4n) is 6.89. The van der Waals surface area contributed by atoms with Crippen LogP contribution in [0.4, 0.5) is 5.69 Å². The van der Waals surface area contributed by atoms with Crippen LogP contribution in [-0.4, -0.2) is 61.4 Å². The topological polar surface area (TPSA) is 102 Å². The molecule has 0 aliphatic carbocycles. The van der Waals surface area contributed by atoms with Crippen LogP contribution < -0.4 is 10.1 Å². The first-order chi connectivity index (χ1) is 15.8. The average molecular weight is 466 g/mol. The molecule has 2 amide bonds. The lowest BCUT2D eigenvalue weighted by Gasteiger charge is -2.55. The van der Waals surface area contributed by atoms with E-state index >= 15 is 0 Å². The van der Waals surface area contributed by atoms with Crippen LogP contribution in [0.2, 0.25) is 0 Å². The second-order valence-corrected chi connectivity index (χ2v) is 11.4. The minimum atomic E-state index is -2.16. The predicted octanol–water partition coefficient (Wildman–Crippen LogP) is 2.32. The largest absolute Gasteiger partial charge is 0.483 e. The highest BCUT2D eigenvalue weighted by atomic mass is 16.5. The Bertz CT molecular complexity index is 1210. The van der Waals surface area contributed by atoms with Crippen molar-refractivity contribution in [3.8, 4) is 5.75 Å². The van der Waals surface area contributed by atoms with E-state index in [2.05, 4.69) is 11.9 Å². The Labute approximate surface area is 198 Å². The zero-order valence-corrected chi connectivity index (χ0v) is 20.0. The molecule has 0 saturated carbocycles. The fourth-order valence-corrected chi connectivity index (χ4v) is 6.89. The van der Waals surface area contributed by atoms with E-state index in [4.69, 9.17) is 4.74 Å². The van der Waals surface area contributed by atoms with Gasteiger partial charge in [0.25, 0.3) is 5.91 Å².